The van der Waals surface area contributed by atoms with Crippen molar-refractivity contribution in [3.05, 3.63) is 70.6 Å². The smallest absolute Gasteiger partial charge is 0.261 e. The van der Waals surface area contributed by atoms with Crippen LogP contribution in [-0.2, 0) is 19.5 Å². The molecule has 6 heterocycles. The lowest BCUT2D eigenvalue weighted by Gasteiger charge is -2.48. The van der Waals surface area contributed by atoms with Crippen LogP contribution >= 0.6 is 11.3 Å². The van der Waals surface area contributed by atoms with Crippen LogP contribution in [0, 0.1) is 5.41 Å². The van der Waals surface area contributed by atoms with Crippen molar-refractivity contribution in [1.29, 1.82) is 0 Å². The van der Waals surface area contributed by atoms with Crippen LogP contribution in [0.25, 0.3) is 10.2 Å². The van der Waals surface area contributed by atoms with Crippen LogP contribution in [0.3, 0.4) is 0 Å². The quantitative estimate of drug-likeness (QED) is 0.340. The highest BCUT2D eigenvalue weighted by Gasteiger charge is 2.48. The Morgan fingerprint density at radius 3 is 2.58 bits per heavy atom. The van der Waals surface area contributed by atoms with Gasteiger partial charge in [-0.05, 0) is 31.0 Å². The standard InChI is InChI=1S/C28H29N7O2S/c1-2-20-11-23-24(29-18-30-25(23)38-20)33-8-7-28(17-33)15-32(16-28)13-19-12-31-34(14-19)9-10-35-26(36)21-5-3-4-6-22(21)27(35)37/h3-6,11-12,14,18H,2,7-10,13,15-17H2,1H3. The first-order valence-electron chi connectivity index (χ1n) is 13.2. The van der Waals surface area contributed by atoms with E-state index < -0.39 is 0 Å². The van der Waals surface area contributed by atoms with Crippen molar-refractivity contribution in [2.24, 2.45) is 5.41 Å². The van der Waals surface area contributed by atoms with Gasteiger partial charge in [0.2, 0.25) is 0 Å². The lowest BCUT2D eigenvalue weighted by Crippen LogP contribution is -2.56. The van der Waals surface area contributed by atoms with Crippen LogP contribution < -0.4 is 4.90 Å². The second kappa shape index (κ2) is 8.99. The normalized spacial score (nSPS) is 18.7. The lowest BCUT2D eigenvalue weighted by molar-refractivity contribution is 0.0117. The Morgan fingerprint density at radius 1 is 1.03 bits per heavy atom. The van der Waals surface area contributed by atoms with Crippen molar-refractivity contribution in [3.8, 4) is 0 Å². The molecule has 0 saturated carbocycles. The van der Waals surface area contributed by atoms with E-state index in [0.717, 1.165) is 55.4 Å². The summed E-state index contributed by atoms with van der Waals surface area (Å²) in [6.07, 6.45) is 7.84. The Labute approximate surface area is 224 Å². The number of benzene rings is 1. The van der Waals surface area contributed by atoms with Gasteiger partial charge in [0.25, 0.3) is 11.8 Å². The predicted octanol–water partition coefficient (Wildman–Crippen LogP) is 3.46. The average molecular weight is 528 g/mol. The van der Waals surface area contributed by atoms with Gasteiger partial charge in [0.15, 0.2) is 0 Å². The Kier molecular flexibility index (Phi) is 5.55. The van der Waals surface area contributed by atoms with E-state index in [0.29, 0.717) is 29.6 Å². The predicted molar refractivity (Wildman–Crippen MR) is 145 cm³/mol. The number of anilines is 1. The summed E-state index contributed by atoms with van der Waals surface area (Å²) in [5, 5.41) is 5.68. The summed E-state index contributed by atoms with van der Waals surface area (Å²) < 4.78 is 1.83. The number of rotatable bonds is 7. The molecule has 3 aliphatic rings. The van der Waals surface area contributed by atoms with Crippen molar-refractivity contribution < 1.29 is 9.59 Å². The van der Waals surface area contributed by atoms with Gasteiger partial charge in [-0.25, -0.2) is 9.97 Å². The topological polar surface area (TPSA) is 87.5 Å². The number of thiophene rings is 1. The molecule has 194 valence electrons. The molecule has 3 aliphatic heterocycles. The SMILES string of the molecule is CCc1cc2c(N3CCC4(CN(Cc5cnn(CCN6C(=O)c7ccccc7C6=O)c5)C4)C3)ncnc2s1. The van der Waals surface area contributed by atoms with Crippen molar-refractivity contribution in [2.75, 3.05) is 37.6 Å². The van der Waals surface area contributed by atoms with E-state index in [1.165, 1.54) is 21.6 Å². The van der Waals surface area contributed by atoms with Crippen molar-refractivity contribution in [2.45, 2.75) is 32.9 Å². The summed E-state index contributed by atoms with van der Waals surface area (Å²) in [6, 6.07) is 9.26. The van der Waals surface area contributed by atoms with Gasteiger partial charge >= 0.3 is 0 Å². The monoisotopic (exact) mass is 527 g/mol. The fraction of sp³-hybridized carbons (Fsp3) is 0.393. The molecule has 0 bridgehead atoms. The minimum atomic E-state index is -0.220. The molecule has 2 fully saturated rings. The molecule has 0 atom stereocenters. The minimum absolute atomic E-state index is 0.220. The van der Waals surface area contributed by atoms with E-state index in [-0.39, 0.29) is 11.8 Å². The molecule has 1 aromatic carbocycles. The molecule has 3 aromatic heterocycles. The van der Waals surface area contributed by atoms with Gasteiger partial charge in [-0.15, -0.1) is 11.3 Å². The van der Waals surface area contributed by atoms with E-state index >= 15 is 0 Å². The number of carbonyl (C=O) groups excluding carboxylic acids is 2. The number of aromatic nitrogens is 4. The van der Waals surface area contributed by atoms with Crippen LogP contribution in [-0.4, -0.2) is 74.1 Å². The Bertz CT molecular complexity index is 1520. The van der Waals surface area contributed by atoms with Crippen LogP contribution in [0.2, 0.25) is 0 Å². The van der Waals surface area contributed by atoms with E-state index in [1.807, 2.05) is 17.1 Å². The Balaban J connectivity index is 0.937. The third-order valence-corrected chi connectivity index (χ3v) is 9.27. The van der Waals surface area contributed by atoms with E-state index in [4.69, 9.17) is 0 Å². The lowest BCUT2D eigenvalue weighted by atomic mass is 9.79. The zero-order chi connectivity index (χ0) is 25.9. The zero-order valence-corrected chi connectivity index (χ0v) is 22.2. The van der Waals surface area contributed by atoms with Crippen molar-refractivity contribution in [3.63, 3.8) is 0 Å². The summed E-state index contributed by atoms with van der Waals surface area (Å²) in [4.78, 5) is 43.1. The number of nitrogens with zero attached hydrogens (tertiary/aromatic N) is 7. The third kappa shape index (κ3) is 3.90. The highest BCUT2D eigenvalue weighted by atomic mass is 32.1. The second-order valence-corrected chi connectivity index (χ2v) is 11.8. The highest BCUT2D eigenvalue weighted by Crippen LogP contribution is 2.43. The second-order valence-electron chi connectivity index (χ2n) is 10.7. The average Bonchev–Trinajstić information content (AvgIpc) is 3.69. The molecule has 38 heavy (non-hydrogen) atoms. The minimum Gasteiger partial charge on any atom is -0.355 e. The van der Waals surface area contributed by atoms with Gasteiger partial charge in [-0.2, -0.15) is 5.10 Å². The maximum atomic E-state index is 12.6. The fourth-order valence-corrected chi connectivity index (χ4v) is 7.15. The van der Waals surface area contributed by atoms with E-state index in [9.17, 15) is 9.59 Å². The summed E-state index contributed by atoms with van der Waals surface area (Å²) in [5.41, 5.74) is 2.45. The molecule has 0 N–H and O–H groups in total. The molecule has 1 spiro atoms. The molecule has 0 unspecified atom stereocenters. The van der Waals surface area contributed by atoms with E-state index in [1.54, 1.807) is 41.9 Å². The number of imide groups is 1. The molecule has 2 saturated heterocycles. The number of hydrogen-bond acceptors (Lipinski definition) is 8. The highest BCUT2D eigenvalue weighted by molar-refractivity contribution is 7.18. The maximum absolute atomic E-state index is 12.6. The van der Waals surface area contributed by atoms with Crippen LogP contribution in [0.5, 0.6) is 0 Å². The van der Waals surface area contributed by atoms with Crippen molar-refractivity contribution >= 4 is 39.2 Å². The van der Waals surface area contributed by atoms with Gasteiger partial charge in [-0.3, -0.25) is 24.1 Å². The number of aryl methyl sites for hydroxylation is 1. The van der Waals surface area contributed by atoms with Gasteiger partial charge < -0.3 is 4.90 Å². The molecule has 7 rings (SSSR count). The largest absolute Gasteiger partial charge is 0.355 e. The van der Waals surface area contributed by atoms with Crippen LogP contribution in [0.4, 0.5) is 5.82 Å². The first-order chi connectivity index (χ1) is 18.5. The Morgan fingerprint density at radius 2 is 1.82 bits per heavy atom. The molecular weight excluding hydrogens is 498 g/mol. The molecular formula is C28H29N7O2S. The molecule has 4 aromatic rings. The summed E-state index contributed by atoms with van der Waals surface area (Å²) in [7, 11) is 0. The summed E-state index contributed by atoms with van der Waals surface area (Å²) in [6.45, 7) is 8.06. The zero-order valence-electron chi connectivity index (χ0n) is 21.3. The first-order valence-corrected chi connectivity index (χ1v) is 14.0. The fourth-order valence-electron chi connectivity index (χ4n) is 6.22. The summed E-state index contributed by atoms with van der Waals surface area (Å²) in [5.74, 6) is 0.643. The maximum Gasteiger partial charge on any atom is 0.261 e. The third-order valence-electron chi connectivity index (χ3n) is 8.09. The van der Waals surface area contributed by atoms with Gasteiger partial charge in [-0.1, -0.05) is 19.1 Å². The van der Waals surface area contributed by atoms with E-state index in [2.05, 4.69) is 37.9 Å². The van der Waals surface area contributed by atoms with Gasteiger partial charge in [0.05, 0.1) is 29.3 Å². The molecule has 0 radical (unpaired) electrons. The Hall–Kier alpha value is -3.63. The molecule has 10 heteroatoms. The van der Waals surface area contributed by atoms with Crippen LogP contribution in [0.15, 0.2) is 49.1 Å². The first kappa shape index (κ1) is 23.5. The number of amides is 2. The number of fused-ring (bicyclic) bond motifs is 2. The number of hydrogen-bond donors (Lipinski definition) is 0. The van der Waals surface area contributed by atoms with Gasteiger partial charge in [0.1, 0.15) is 17.0 Å². The van der Waals surface area contributed by atoms with Crippen molar-refractivity contribution in [1.82, 2.24) is 29.5 Å². The molecule has 0 aliphatic carbocycles. The number of carbonyl (C=O) groups is 2. The van der Waals surface area contributed by atoms with Gasteiger partial charge in [0, 0.05) is 61.3 Å². The molecule has 9 nitrogen and oxygen atoms in total. The molecule has 2 amide bonds. The summed E-state index contributed by atoms with van der Waals surface area (Å²) >= 11 is 1.77. The van der Waals surface area contributed by atoms with Crippen LogP contribution in [0.1, 0.15) is 44.5 Å². The number of likely N-dealkylation sites (tertiary alicyclic amines) is 1.